The third kappa shape index (κ3) is 2.72. The van der Waals surface area contributed by atoms with Crippen LogP contribution in [0.5, 0.6) is 0 Å². The van der Waals surface area contributed by atoms with E-state index in [2.05, 4.69) is 10.3 Å². The lowest BCUT2D eigenvalue weighted by atomic mass is 10.1. The number of aromatic nitrogens is 1. The van der Waals surface area contributed by atoms with Gasteiger partial charge in [-0.3, -0.25) is 4.79 Å². The minimum Gasteiger partial charge on any atom is -0.376 e. The van der Waals surface area contributed by atoms with E-state index in [0.29, 0.717) is 10.6 Å². The Hall–Kier alpha value is -2.26. The second-order valence-electron chi connectivity index (χ2n) is 5.46. The predicted octanol–water partition coefficient (Wildman–Crippen LogP) is 4.73. The molecule has 0 unspecified atom stereocenters. The molecule has 3 aromatic rings. The zero-order valence-electron chi connectivity index (χ0n) is 12.5. The number of benzene rings is 2. The van der Waals surface area contributed by atoms with Crippen LogP contribution >= 0.6 is 11.6 Å². The van der Waals surface area contributed by atoms with Gasteiger partial charge in [-0.25, -0.2) is 0 Å². The smallest absolute Gasteiger partial charge is 0.183 e. The number of anilines is 1. The van der Waals surface area contributed by atoms with Crippen LogP contribution in [-0.2, 0) is 0 Å². The number of carbonyl (C=O) groups is 1. The second kappa shape index (κ2) is 5.85. The summed E-state index contributed by atoms with van der Waals surface area (Å²) in [6.07, 6.45) is 1.76. The van der Waals surface area contributed by atoms with Crippen molar-refractivity contribution in [2.75, 3.05) is 11.9 Å². The first-order valence-corrected chi connectivity index (χ1v) is 7.54. The molecule has 0 aliphatic rings. The Kier molecular flexibility index (Phi) is 3.90. The van der Waals surface area contributed by atoms with Crippen LogP contribution in [0.3, 0.4) is 0 Å². The maximum Gasteiger partial charge on any atom is 0.183 e. The van der Waals surface area contributed by atoms with Crippen LogP contribution in [0.15, 0.2) is 42.6 Å². The van der Waals surface area contributed by atoms with Crippen LogP contribution in [0, 0.1) is 13.8 Å². The number of fused-ring (bicyclic) bond motifs is 1. The standard InChI is InChI=1S/C18H17ClN2O/c1-11-7-12(2)18(15(19)8-11)21-10-17(22)14-9-20-16-6-4-3-5-13(14)16/h3-9,20-21H,10H2,1-2H3. The number of H-pyrrole nitrogens is 1. The number of carbonyl (C=O) groups excluding carboxylic acids is 1. The Morgan fingerprint density at radius 2 is 2.00 bits per heavy atom. The molecule has 3 rings (SSSR count). The van der Waals surface area contributed by atoms with E-state index in [9.17, 15) is 4.79 Å². The average molecular weight is 313 g/mol. The Balaban J connectivity index is 1.81. The van der Waals surface area contributed by atoms with E-state index < -0.39 is 0 Å². The molecule has 0 atom stereocenters. The van der Waals surface area contributed by atoms with Crippen molar-refractivity contribution in [3.05, 3.63) is 64.3 Å². The Bertz CT molecular complexity index is 828. The van der Waals surface area contributed by atoms with Crippen molar-refractivity contribution in [1.29, 1.82) is 0 Å². The number of aromatic amines is 1. The molecule has 0 aliphatic heterocycles. The Morgan fingerprint density at radius 3 is 2.77 bits per heavy atom. The van der Waals surface area contributed by atoms with Gasteiger partial charge in [0, 0.05) is 22.7 Å². The van der Waals surface area contributed by atoms with Crippen LogP contribution in [-0.4, -0.2) is 17.3 Å². The van der Waals surface area contributed by atoms with E-state index in [1.54, 1.807) is 6.20 Å². The van der Waals surface area contributed by atoms with Gasteiger partial charge in [0.2, 0.25) is 0 Å². The summed E-state index contributed by atoms with van der Waals surface area (Å²) in [5.74, 6) is 0.0356. The number of hydrogen-bond donors (Lipinski definition) is 2. The van der Waals surface area contributed by atoms with Crippen LogP contribution in [0.2, 0.25) is 5.02 Å². The first-order valence-electron chi connectivity index (χ1n) is 7.16. The summed E-state index contributed by atoms with van der Waals surface area (Å²) in [4.78, 5) is 15.6. The summed E-state index contributed by atoms with van der Waals surface area (Å²) in [5.41, 5.74) is 4.63. The SMILES string of the molecule is Cc1cc(C)c(NCC(=O)c2c[nH]c3ccccc23)c(Cl)c1. The number of rotatable bonds is 4. The summed E-state index contributed by atoms with van der Waals surface area (Å²) < 4.78 is 0. The summed E-state index contributed by atoms with van der Waals surface area (Å²) in [6, 6.07) is 11.7. The number of hydrogen-bond acceptors (Lipinski definition) is 2. The van der Waals surface area contributed by atoms with Gasteiger partial charge in [-0.15, -0.1) is 0 Å². The normalized spacial score (nSPS) is 10.9. The highest BCUT2D eigenvalue weighted by Crippen LogP contribution is 2.27. The van der Waals surface area contributed by atoms with Gasteiger partial charge in [-0.2, -0.15) is 0 Å². The van der Waals surface area contributed by atoms with Gasteiger partial charge in [0.05, 0.1) is 17.3 Å². The van der Waals surface area contributed by atoms with Crippen molar-refractivity contribution >= 4 is 34.0 Å². The molecule has 112 valence electrons. The molecule has 0 spiro atoms. The monoisotopic (exact) mass is 312 g/mol. The van der Waals surface area contributed by atoms with Gasteiger partial charge in [0.1, 0.15) is 0 Å². The van der Waals surface area contributed by atoms with Crippen molar-refractivity contribution in [1.82, 2.24) is 4.98 Å². The van der Waals surface area contributed by atoms with E-state index in [1.807, 2.05) is 50.2 Å². The highest BCUT2D eigenvalue weighted by Gasteiger charge is 2.13. The molecule has 1 heterocycles. The molecule has 0 aliphatic carbocycles. The lowest BCUT2D eigenvalue weighted by Gasteiger charge is -2.12. The van der Waals surface area contributed by atoms with E-state index in [0.717, 1.165) is 27.7 Å². The Morgan fingerprint density at radius 1 is 1.23 bits per heavy atom. The molecular weight excluding hydrogens is 296 g/mol. The van der Waals surface area contributed by atoms with Crippen molar-refractivity contribution in [3.63, 3.8) is 0 Å². The molecule has 0 bridgehead atoms. The van der Waals surface area contributed by atoms with Gasteiger partial charge in [-0.05, 0) is 37.1 Å². The molecule has 0 amide bonds. The van der Waals surface area contributed by atoms with Crippen molar-refractivity contribution in [2.24, 2.45) is 0 Å². The van der Waals surface area contributed by atoms with Gasteiger partial charge in [0.15, 0.2) is 5.78 Å². The summed E-state index contributed by atoms with van der Waals surface area (Å²) in [5, 5.41) is 4.75. The molecular formula is C18H17ClN2O. The lowest BCUT2D eigenvalue weighted by Crippen LogP contribution is -2.14. The maximum atomic E-state index is 12.5. The number of Topliss-reactive ketones (excluding diaryl/α,β-unsaturated/α-hetero) is 1. The molecule has 0 saturated carbocycles. The van der Waals surface area contributed by atoms with E-state index in [-0.39, 0.29) is 12.3 Å². The molecule has 0 fully saturated rings. The van der Waals surface area contributed by atoms with Gasteiger partial charge < -0.3 is 10.3 Å². The topological polar surface area (TPSA) is 44.9 Å². The zero-order chi connectivity index (χ0) is 15.7. The molecule has 2 N–H and O–H groups in total. The fourth-order valence-electron chi connectivity index (χ4n) is 2.71. The fraction of sp³-hybridized carbons (Fsp3) is 0.167. The van der Waals surface area contributed by atoms with Crippen LogP contribution < -0.4 is 5.32 Å². The zero-order valence-corrected chi connectivity index (χ0v) is 13.3. The van der Waals surface area contributed by atoms with Crippen molar-refractivity contribution < 1.29 is 4.79 Å². The van der Waals surface area contributed by atoms with E-state index in [4.69, 9.17) is 11.6 Å². The largest absolute Gasteiger partial charge is 0.376 e. The van der Waals surface area contributed by atoms with Crippen LogP contribution in [0.4, 0.5) is 5.69 Å². The lowest BCUT2D eigenvalue weighted by molar-refractivity contribution is 0.101. The average Bonchev–Trinajstić information content (AvgIpc) is 2.90. The third-order valence-electron chi connectivity index (χ3n) is 3.75. The highest BCUT2D eigenvalue weighted by molar-refractivity contribution is 6.33. The molecule has 4 heteroatoms. The molecule has 0 radical (unpaired) electrons. The number of nitrogens with one attached hydrogen (secondary N) is 2. The fourth-order valence-corrected chi connectivity index (χ4v) is 3.09. The third-order valence-corrected chi connectivity index (χ3v) is 4.05. The molecule has 22 heavy (non-hydrogen) atoms. The van der Waals surface area contributed by atoms with Crippen LogP contribution in [0.1, 0.15) is 21.5 Å². The number of aryl methyl sites for hydroxylation is 2. The van der Waals surface area contributed by atoms with Gasteiger partial charge in [0.25, 0.3) is 0 Å². The number of halogens is 1. The summed E-state index contributed by atoms with van der Waals surface area (Å²) >= 11 is 6.26. The van der Waals surface area contributed by atoms with E-state index >= 15 is 0 Å². The van der Waals surface area contributed by atoms with Crippen LogP contribution in [0.25, 0.3) is 10.9 Å². The van der Waals surface area contributed by atoms with Gasteiger partial charge in [-0.1, -0.05) is 35.9 Å². The molecule has 1 aromatic heterocycles. The predicted molar refractivity (Wildman–Crippen MR) is 92.0 cm³/mol. The number of para-hydroxylation sites is 1. The molecule has 0 saturated heterocycles. The van der Waals surface area contributed by atoms with E-state index in [1.165, 1.54) is 0 Å². The highest BCUT2D eigenvalue weighted by atomic mass is 35.5. The molecule has 3 nitrogen and oxygen atoms in total. The summed E-state index contributed by atoms with van der Waals surface area (Å²) in [6.45, 7) is 4.20. The minimum atomic E-state index is 0.0356. The van der Waals surface area contributed by atoms with Crippen molar-refractivity contribution in [2.45, 2.75) is 13.8 Å². The quantitative estimate of drug-likeness (QED) is 0.684. The van der Waals surface area contributed by atoms with Crippen molar-refractivity contribution in [3.8, 4) is 0 Å². The second-order valence-corrected chi connectivity index (χ2v) is 5.87. The maximum absolute atomic E-state index is 12.5. The molecule has 2 aromatic carbocycles. The van der Waals surface area contributed by atoms with Gasteiger partial charge >= 0.3 is 0 Å². The summed E-state index contributed by atoms with van der Waals surface area (Å²) in [7, 11) is 0. The first-order chi connectivity index (χ1) is 10.6. The number of ketones is 1. The Labute approximate surface area is 134 Å². The minimum absolute atomic E-state index is 0.0356. The first kappa shape index (κ1) is 14.7.